The van der Waals surface area contributed by atoms with Gasteiger partial charge in [-0.25, -0.2) is 0 Å². The van der Waals surface area contributed by atoms with Crippen molar-refractivity contribution in [2.24, 2.45) is 0 Å². The Morgan fingerprint density at radius 2 is 1.39 bits per heavy atom. The van der Waals surface area contributed by atoms with Crippen molar-refractivity contribution in [3.05, 3.63) is 58.3 Å². The zero-order chi connectivity index (χ0) is 14.0. The largest absolute Gasteiger partial charge is 0.724 e. The van der Waals surface area contributed by atoms with Crippen LogP contribution in [0.15, 0.2) is 36.4 Å². The summed E-state index contributed by atoms with van der Waals surface area (Å²) >= 11 is 0. The molecule has 0 atom stereocenters. The Kier molecular flexibility index (Phi) is 7.38. The minimum Gasteiger partial charge on any atom is -0.724 e. The van der Waals surface area contributed by atoms with Gasteiger partial charge in [-0.2, -0.15) is 0 Å². The van der Waals surface area contributed by atoms with Gasteiger partial charge < -0.3 is 10.8 Å². The number of rotatable bonds is 0. The van der Waals surface area contributed by atoms with Crippen LogP contribution in [0.4, 0.5) is 0 Å². The zero-order valence-electron chi connectivity index (χ0n) is 10.2. The Balaban J connectivity index is 0.000000414. The Morgan fingerprint density at radius 1 is 0.889 bits per heavy atom. The molecule has 0 heterocycles. The highest BCUT2D eigenvalue weighted by atomic mass is 16.1. The summed E-state index contributed by atoms with van der Waals surface area (Å²) in [5, 5.41) is 16.2. The lowest BCUT2D eigenvalue weighted by Crippen LogP contribution is -1.82. The van der Waals surface area contributed by atoms with E-state index in [2.05, 4.69) is 50.2 Å². The first kappa shape index (κ1) is 15.5. The van der Waals surface area contributed by atoms with Crippen LogP contribution in [0.25, 0.3) is 21.6 Å². The molecule has 0 amide bonds. The van der Waals surface area contributed by atoms with Gasteiger partial charge in [-0.05, 0) is 47.9 Å². The molecule has 2 aromatic carbocycles. The van der Waals surface area contributed by atoms with Gasteiger partial charge in [0.2, 0.25) is 0 Å². The summed E-state index contributed by atoms with van der Waals surface area (Å²) < 4.78 is 0. The monoisotopic (exact) mass is 240 g/mol. The molecule has 4 nitrogen and oxygen atoms in total. The number of carbonyl (C=O) groups excluding carboxylic acids is 2. The normalized spacial score (nSPS) is 7.89. The van der Waals surface area contributed by atoms with Gasteiger partial charge in [0.15, 0.2) is 0 Å². The molecule has 0 unspecified atom stereocenters. The first-order valence-corrected chi connectivity index (χ1v) is 5.09. The first-order valence-electron chi connectivity index (χ1n) is 5.09. The van der Waals surface area contributed by atoms with Crippen LogP contribution in [0, 0.1) is 13.8 Å². The molecule has 2 aromatic rings. The summed E-state index contributed by atoms with van der Waals surface area (Å²) in [5.41, 5.74) is 2.77. The molecule has 4 heteroatoms. The fourth-order valence-electron chi connectivity index (χ4n) is 1.54. The average molecular weight is 240 g/mol. The SMILES string of the molecule is Cc1ccc2ccccc2c1C.[N-]=C=O.[N-]=C=O. The fourth-order valence-corrected chi connectivity index (χ4v) is 1.54. The highest BCUT2D eigenvalue weighted by Gasteiger charge is 1.97. The lowest BCUT2D eigenvalue weighted by Gasteiger charge is -2.04. The van der Waals surface area contributed by atoms with Gasteiger partial charge in [-0.1, -0.05) is 36.4 Å². The number of fused-ring (bicyclic) bond motifs is 1. The predicted octanol–water partition coefficient (Wildman–Crippen LogP) is 3.24. The van der Waals surface area contributed by atoms with Crippen LogP contribution >= 0.6 is 0 Å². The van der Waals surface area contributed by atoms with Gasteiger partial charge in [0.05, 0.1) is 0 Å². The van der Waals surface area contributed by atoms with Crippen molar-refractivity contribution in [2.45, 2.75) is 13.8 Å². The number of isocyanates is 2. The van der Waals surface area contributed by atoms with E-state index in [1.807, 2.05) is 0 Å². The summed E-state index contributed by atoms with van der Waals surface area (Å²) in [6.07, 6.45) is 1.00. The molecule has 0 aliphatic rings. The molecule has 0 saturated carbocycles. The molecule has 0 bridgehead atoms. The fraction of sp³-hybridized carbons (Fsp3) is 0.143. The molecule has 0 radical (unpaired) electrons. The second-order valence-electron chi connectivity index (χ2n) is 3.41. The van der Waals surface area contributed by atoms with Crippen LogP contribution in [0.3, 0.4) is 0 Å². The Labute approximate surface area is 105 Å². The molecule has 92 valence electrons. The van der Waals surface area contributed by atoms with Crippen LogP contribution in [-0.2, 0) is 9.59 Å². The van der Waals surface area contributed by atoms with E-state index in [0.29, 0.717) is 12.2 Å². The van der Waals surface area contributed by atoms with Crippen molar-refractivity contribution in [2.75, 3.05) is 0 Å². The van der Waals surface area contributed by atoms with Crippen molar-refractivity contribution in [3.8, 4) is 0 Å². The van der Waals surface area contributed by atoms with Gasteiger partial charge in [-0.15, -0.1) is 0 Å². The Bertz CT molecular complexity index is 567. The molecule has 2 rings (SSSR count). The van der Waals surface area contributed by atoms with Gasteiger partial charge >= 0.3 is 0 Å². The van der Waals surface area contributed by atoms with E-state index in [1.54, 1.807) is 0 Å². The average Bonchev–Trinajstić information content (AvgIpc) is 2.36. The molecule has 0 fully saturated rings. The maximum atomic E-state index is 8.24. The van der Waals surface area contributed by atoms with Crippen molar-refractivity contribution in [1.29, 1.82) is 0 Å². The van der Waals surface area contributed by atoms with Crippen LogP contribution in [-0.4, -0.2) is 12.2 Å². The number of benzene rings is 2. The van der Waals surface area contributed by atoms with Crippen molar-refractivity contribution >= 4 is 22.9 Å². The quantitative estimate of drug-likeness (QED) is 0.523. The maximum Gasteiger partial charge on any atom is -0.0152 e. The molecule has 0 aromatic heterocycles. The third-order valence-electron chi connectivity index (χ3n) is 2.47. The van der Waals surface area contributed by atoms with Crippen LogP contribution in [0.2, 0.25) is 0 Å². The number of hydrogen-bond donors (Lipinski definition) is 0. The molecule has 0 aliphatic carbocycles. The summed E-state index contributed by atoms with van der Waals surface area (Å²) in [6, 6.07) is 12.9. The van der Waals surface area contributed by atoms with E-state index < -0.39 is 0 Å². The minimum atomic E-state index is 0.500. The zero-order valence-corrected chi connectivity index (χ0v) is 10.2. The molecule has 0 saturated heterocycles. The molecule has 0 N–H and O–H groups in total. The number of aryl methyl sites for hydroxylation is 2. The lowest BCUT2D eigenvalue weighted by molar-refractivity contribution is 0.568. The van der Waals surface area contributed by atoms with E-state index in [0.717, 1.165) is 0 Å². The van der Waals surface area contributed by atoms with Gasteiger partial charge in [0.25, 0.3) is 0 Å². The van der Waals surface area contributed by atoms with Crippen molar-refractivity contribution < 1.29 is 9.59 Å². The van der Waals surface area contributed by atoms with Crippen LogP contribution in [0.1, 0.15) is 11.1 Å². The third-order valence-corrected chi connectivity index (χ3v) is 2.47. The summed E-state index contributed by atoms with van der Waals surface area (Å²) in [7, 11) is 0. The minimum absolute atomic E-state index is 0.500. The molecular weight excluding hydrogens is 228 g/mol. The third kappa shape index (κ3) is 4.54. The highest BCUT2D eigenvalue weighted by molar-refractivity contribution is 5.86. The van der Waals surface area contributed by atoms with Crippen molar-refractivity contribution in [1.82, 2.24) is 0 Å². The second-order valence-corrected chi connectivity index (χ2v) is 3.41. The first-order chi connectivity index (χ1) is 8.62. The molecule has 18 heavy (non-hydrogen) atoms. The van der Waals surface area contributed by atoms with Gasteiger partial charge in [0.1, 0.15) is 0 Å². The standard InChI is InChI=1S/C12H12.2CNO/c1-9-7-8-11-5-3-4-6-12(11)10(9)2;2*2-1-3/h3-8H,1-2H3;;/q;2*-1. The van der Waals surface area contributed by atoms with E-state index in [4.69, 9.17) is 20.4 Å². The summed E-state index contributed by atoms with van der Waals surface area (Å²) in [4.78, 5) is 16.5. The van der Waals surface area contributed by atoms with E-state index in [9.17, 15) is 0 Å². The predicted molar refractivity (Wildman–Crippen MR) is 71.5 cm³/mol. The molecule has 0 aliphatic heterocycles. The lowest BCUT2D eigenvalue weighted by atomic mass is 10.0. The van der Waals surface area contributed by atoms with E-state index >= 15 is 0 Å². The van der Waals surface area contributed by atoms with Gasteiger partial charge in [0, 0.05) is 0 Å². The van der Waals surface area contributed by atoms with Crippen LogP contribution in [0.5, 0.6) is 0 Å². The Morgan fingerprint density at radius 3 is 1.94 bits per heavy atom. The Hall–Kier alpha value is -2.54. The molecule has 0 spiro atoms. The molecular formula is C14H12N2O2-2. The summed E-state index contributed by atoms with van der Waals surface area (Å²) in [5.74, 6) is 0. The van der Waals surface area contributed by atoms with E-state index in [-0.39, 0.29) is 0 Å². The second kappa shape index (κ2) is 8.59. The van der Waals surface area contributed by atoms with E-state index in [1.165, 1.54) is 21.9 Å². The highest BCUT2D eigenvalue weighted by Crippen LogP contribution is 2.20. The van der Waals surface area contributed by atoms with Crippen LogP contribution < -0.4 is 0 Å². The summed E-state index contributed by atoms with van der Waals surface area (Å²) in [6.45, 7) is 4.33. The number of nitrogens with zero attached hydrogens (tertiary/aromatic N) is 2. The topological polar surface area (TPSA) is 78.7 Å². The number of hydrogen-bond acceptors (Lipinski definition) is 2. The van der Waals surface area contributed by atoms with Gasteiger partial charge in [-0.3, -0.25) is 9.59 Å². The van der Waals surface area contributed by atoms with Crippen molar-refractivity contribution in [3.63, 3.8) is 0 Å². The maximum absolute atomic E-state index is 8.24. The smallest absolute Gasteiger partial charge is 0.0152 e.